The zero-order valence-corrected chi connectivity index (χ0v) is 4.87. The van der Waals surface area contributed by atoms with Gasteiger partial charge in [0, 0.05) is 6.26 Å². The van der Waals surface area contributed by atoms with Gasteiger partial charge in [0.15, 0.2) is 0 Å². The molecule has 0 saturated heterocycles. The molecule has 34 valence electrons. The molecule has 0 aliphatic heterocycles. The zero-order valence-electron chi connectivity index (χ0n) is 2.54. The highest BCUT2D eigenvalue weighted by molar-refractivity contribution is 8.62. The Bertz CT molecular complexity index is 25.1. The summed E-state index contributed by atoms with van der Waals surface area (Å²) in [6, 6.07) is 0. The normalized spacial score (nSPS) is 15.2. The van der Waals surface area contributed by atoms with Gasteiger partial charge in [0.2, 0.25) is 0 Å². The Morgan fingerprint density at radius 3 is 1.60 bits per heavy atom. The maximum Gasteiger partial charge on any atom is 0.0639 e. The lowest BCUT2D eigenvalue weighted by atomic mass is 12.0. The van der Waals surface area contributed by atoms with Crippen LogP contribution in [0.15, 0.2) is 0 Å². The molecule has 0 amide bonds. The summed E-state index contributed by atoms with van der Waals surface area (Å²) < 4.78 is 11.3. The van der Waals surface area contributed by atoms with E-state index in [1.807, 2.05) is 0 Å². The van der Waals surface area contributed by atoms with Crippen LogP contribution in [-0.2, 0) is 0 Å². The number of halogens is 3. The monoisotopic (exact) mass is 136 g/mol. The molecule has 0 heterocycles. The van der Waals surface area contributed by atoms with Crippen LogP contribution in [0.25, 0.3) is 0 Å². The van der Waals surface area contributed by atoms with E-state index in [4.69, 9.17) is 21.4 Å². The van der Waals surface area contributed by atoms with Gasteiger partial charge in [0.25, 0.3) is 0 Å². The minimum Gasteiger partial charge on any atom is -0.159 e. The molecule has 0 radical (unpaired) electrons. The summed E-state index contributed by atoms with van der Waals surface area (Å²) in [5.74, 6) is 0. The zero-order chi connectivity index (χ0) is 4.50. The highest BCUT2D eigenvalue weighted by Crippen LogP contribution is 2.55. The molecule has 0 spiro atoms. The molecule has 0 aliphatic rings. The highest BCUT2D eigenvalue weighted by Gasteiger charge is 2.01. The summed E-state index contributed by atoms with van der Waals surface area (Å²) >= 11 is 0. The molecule has 0 rings (SSSR count). The van der Waals surface area contributed by atoms with Crippen LogP contribution >= 0.6 is 30.2 Å². The Hall–Kier alpha value is 0.860. The average molecular weight is 137 g/mol. The summed E-state index contributed by atoms with van der Waals surface area (Å²) in [4.78, 5) is 0. The van der Waals surface area contributed by atoms with Crippen LogP contribution in [0, 0.1) is 0 Å². The standard InChI is InChI=1S/CH3Cl2FS/c1-5(2,3)4/h1H3. The Morgan fingerprint density at radius 1 is 1.60 bits per heavy atom. The van der Waals surface area contributed by atoms with Crippen LogP contribution in [0.4, 0.5) is 3.89 Å². The molecule has 0 aromatic carbocycles. The predicted molar refractivity (Wildman–Crippen MR) is 26.3 cm³/mol. The maximum absolute atomic E-state index is 11.3. The molecule has 0 aliphatic carbocycles. The lowest BCUT2D eigenvalue weighted by Gasteiger charge is -1.99. The first-order valence-electron chi connectivity index (χ1n) is 0.871. The van der Waals surface area contributed by atoms with Crippen molar-refractivity contribution in [2.45, 2.75) is 0 Å². The summed E-state index contributed by atoms with van der Waals surface area (Å²) in [6.45, 7) is 0. The van der Waals surface area contributed by atoms with E-state index in [-0.39, 0.29) is 0 Å². The van der Waals surface area contributed by atoms with E-state index in [1.54, 1.807) is 0 Å². The third-order valence-electron chi connectivity index (χ3n) is 0. The second-order valence-corrected chi connectivity index (χ2v) is 5.86. The van der Waals surface area contributed by atoms with Crippen LogP contribution in [0.2, 0.25) is 0 Å². The summed E-state index contributed by atoms with van der Waals surface area (Å²) in [6.07, 6.45) is 1.14. The van der Waals surface area contributed by atoms with Gasteiger partial charge in [0.1, 0.15) is 0 Å². The summed E-state index contributed by atoms with van der Waals surface area (Å²) in [5, 5.41) is 0. The molecule has 0 saturated carbocycles. The third-order valence-corrected chi connectivity index (χ3v) is 0. The minimum absolute atomic E-state index is 1.14. The van der Waals surface area contributed by atoms with E-state index in [0.717, 1.165) is 6.26 Å². The SMILES string of the molecule is CS(F)(Cl)Cl. The maximum atomic E-state index is 11.3. The molecule has 0 N–H and O–H groups in total. The van der Waals surface area contributed by atoms with Gasteiger partial charge in [-0.1, -0.05) is 0 Å². The van der Waals surface area contributed by atoms with Crippen molar-refractivity contribution < 1.29 is 3.89 Å². The molecule has 0 unspecified atom stereocenters. The second-order valence-electron chi connectivity index (χ2n) is 0.638. The molecule has 4 heteroatoms. The Morgan fingerprint density at radius 2 is 1.60 bits per heavy atom. The van der Waals surface area contributed by atoms with Gasteiger partial charge < -0.3 is 0 Å². The van der Waals surface area contributed by atoms with Gasteiger partial charge in [-0.25, -0.2) is 0 Å². The summed E-state index contributed by atoms with van der Waals surface area (Å²) in [7, 11) is 6.70. The van der Waals surface area contributed by atoms with Gasteiger partial charge >= 0.3 is 0 Å². The van der Waals surface area contributed by atoms with Crippen molar-refractivity contribution in [2.24, 2.45) is 0 Å². The average Bonchev–Trinajstić information content (AvgIpc) is 0.722. The van der Waals surface area contributed by atoms with Crippen molar-refractivity contribution in [3.63, 3.8) is 0 Å². The van der Waals surface area contributed by atoms with Crippen molar-refractivity contribution in [1.29, 1.82) is 0 Å². The van der Waals surface area contributed by atoms with Crippen LogP contribution < -0.4 is 0 Å². The molecular weight excluding hydrogens is 134 g/mol. The van der Waals surface area contributed by atoms with Crippen molar-refractivity contribution in [1.82, 2.24) is 0 Å². The Kier molecular flexibility index (Phi) is 1.80. The van der Waals surface area contributed by atoms with Crippen molar-refractivity contribution >= 4 is 30.2 Å². The second kappa shape index (κ2) is 1.54. The fourth-order valence-corrected chi connectivity index (χ4v) is 0. The first-order valence-corrected chi connectivity index (χ1v) is 4.47. The summed E-state index contributed by atoms with van der Waals surface area (Å²) in [5.41, 5.74) is 0. The fraction of sp³-hybridized carbons (Fsp3) is 1.00. The van der Waals surface area contributed by atoms with Crippen LogP contribution in [-0.4, -0.2) is 6.26 Å². The number of rotatable bonds is 0. The quantitative estimate of drug-likeness (QED) is 0.481. The molecular formula is CH3Cl2FS. The van der Waals surface area contributed by atoms with E-state index in [0.29, 0.717) is 0 Å². The largest absolute Gasteiger partial charge is 0.159 e. The molecule has 0 nitrogen and oxygen atoms in total. The van der Waals surface area contributed by atoms with Crippen LogP contribution in [0.5, 0.6) is 0 Å². The first-order chi connectivity index (χ1) is 2.00. The first kappa shape index (κ1) is 5.86. The topological polar surface area (TPSA) is 0 Å². The lowest BCUT2D eigenvalue weighted by molar-refractivity contribution is 0.933. The molecule has 0 bridgehead atoms. The van der Waals surface area contributed by atoms with Gasteiger partial charge in [-0.3, -0.25) is 0 Å². The van der Waals surface area contributed by atoms with E-state index >= 15 is 0 Å². The van der Waals surface area contributed by atoms with Crippen molar-refractivity contribution in [2.75, 3.05) is 6.26 Å². The molecule has 0 fully saturated rings. The Balaban J connectivity index is 3.02. The van der Waals surface area contributed by atoms with Crippen molar-refractivity contribution in [3.8, 4) is 0 Å². The van der Waals surface area contributed by atoms with E-state index in [2.05, 4.69) is 0 Å². The molecule has 0 aromatic heterocycles. The third kappa shape index (κ3) is 53.7. The smallest absolute Gasteiger partial charge is 0.0639 e. The number of hydrogen-bond donors (Lipinski definition) is 0. The Labute approximate surface area is 40.9 Å². The molecule has 0 atom stereocenters. The van der Waals surface area contributed by atoms with Gasteiger partial charge in [-0.2, -0.15) is 3.89 Å². The van der Waals surface area contributed by atoms with Gasteiger partial charge in [0.05, 0.1) is 8.84 Å². The van der Waals surface area contributed by atoms with E-state index in [9.17, 15) is 3.89 Å². The molecule has 5 heavy (non-hydrogen) atoms. The lowest BCUT2D eigenvalue weighted by Crippen LogP contribution is -1.52. The van der Waals surface area contributed by atoms with Crippen molar-refractivity contribution in [3.05, 3.63) is 0 Å². The van der Waals surface area contributed by atoms with Gasteiger partial charge in [-0.15, -0.1) is 0 Å². The highest BCUT2D eigenvalue weighted by atomic mass is 36.0. The van der Waals surface area contributed by atoms with Gasteiger partial charge in [-0.05, 0) is 21.4 Å². The minimum atomic E-state index is -2.72. The van der Waals surface area contributed by atoms with E-state index in [1.165, 1.54) is 0 Å². The fourth-order valence-electron chi connectivity index (χ4n) is 0. The van der Waals surface area contributed by atoms with E-state index < -0.39 is 8.84 Å². The predicted octanol–water partition coefficient (Wildman–Crippen LogP) is 2.61. The number of hydrogen-bond acceptors (Lipinski definition) is 0. The van der Waals surface area contributed by atoms with Crippen LogP contribution in [0.3, 0.4) is 0 Å². The van der Waals surface area contributed by atoms with Crippen LogP contribution in [0.1, 0.15) is 0 Å². The molecule has 0 aromatic rings.